The summed E-state index contributed by atoms with van der Waals surface area (Å²) in [6.45, 7) is 5.20. The molecule has 1 unspecified atom stereocenters. The lowest BCUT2D eigenvalue weighted by Gasteiger charge is -2.30. The number of halogens is 2. The van der Waals surface area contributed by atoms with Crippen LogP contribution in [-0.4, -0.2) is 80.7 Å². The molecule has 3 aromatic heterocycles. The van der Waals surface area contributed by atoms with E-state index in [4.69, 9.17) is 14.6 Å². The standard InChI is InChI=1S/C25H29F2N7O4/c1-25(2,3)31-24(35)38-19-11-29-22-21(19)30-17(10-28-22)20-16-9-14(37-23(26)27)5-6-18(16)34(32-20)13-15-12-33(4)7-8-36-15/h5-6,9-11,15,23H,7-8,12-13H2,1-4H3,(H,28,29)(H,31,35). The van der Waals surface area contributed by atoms with Crippen molar-refractivity contribution in [3.63, 3.8) is 0 Å². The zero-order chi connectivity index (χ0) is 27.0. The van der Waals surface area contributed by atoms with Crippen LogP contribution in [0.5, 0.6) is 11.5 Å². The second-order valence-corrected chi connectivity index (χ2v) is 10.2. The van der Waals surface area contributed by atoms with E-state index in [1.807, 2.05) is 27.8 Å². The van der Waals surface area contributed by atoms with Crippen molar-refractivity contribution in [3.8, 4) is 22.9 Å². The monoisotopic (exact) mass is 529 g/mol. The quantitative estimate of drug-likeness (QED) is 0.387. The lowest BCUT2D eigenvalue weighted by molar-refractivity contribution is -0.0497. The molecule has 0 bridgehead atoms. The molecule has 0 radical (unpaired) electrons. The van der Waals surface area contributed by atoms with Crippen LogP contribution in [0.15, 0.2) is 30.6 Å². The van der Waals surface area contributed by atoms with Gasteiger partial charge in [-0.3, -0.25) is 4.68 Å². The molecule has 0 aliphatic carbocycles. The zero-order valence-electron chi connectivity index (χ0n) is 21.5. The Balaban J connectivity index is 1.54. The highest BCUT2D eigenvalue weighted by Crippen LogP contribution is 2.33. The number of nitrogens with one attached hydrogen (secondary N) is 2. The molecule has 5 rings (SSSR count). The van der Waals surface area contributed by atoms with Gasteiger partial charge in [-0.1, -0.05) is 0 Å². The fourth-order valence-electron chi connectivity index (χ4n) is 4.33. The summed E-state index contributed by atoms with van der Waals surface area (Å²) in [5.41, 5.74) is 1.75. The average molecular weight is 530 g/mol. The number of hydrogen-bond donors (Lipinski definition) is 2. The van der Waals surface area contributed by atoms with E-state index in [-0.39, 0.29) is 17.6 Å². The van der Waals surface area contributed by atoms with Crippen molar-refractivity contribution in [2.45, 2.75) is 45.6 Å². The average Bonchev–Trinajstić information content (AvgIpc) is 3.38. The Morgan fingerprint density at radius 3 is 2.89 bits per heavy atom. The Bertz CT molecular complexity index is 1460. The first-order valence-electron chi connectivity index (χ1n) is 12.2. The van der Waals surface area contributed by atoms with Crippen molar-refractivity contribution in [1.29, 1.82) is 0 Å². The molecule has 202 valence electrons. The Morgan fingerprint density at radius 2 is 2.16 bits per heavy atom. The van der Waals surface area contributed by atoms with E-state index in [1.54, 1.807) is 10.7 Å². The van der Waals surface area contributed by atoms with Gasteiger partial charge in [-0.05, 0) is 46.0 Å². The minimum Gasteiger partial charge on any atom is -0.435 e. The Labute approximate surface area is 217 Å². The SMILES string of the molecule is CN1CCOC(Cn2nc(-c3cnc4[nH]cc(OC(=O)NC(C)(C)C)c4n3)c3cc(OC(F)F)ccc32)C1. The van der Waals surface area contributed by atoms with E-state index in [0.717, 1.165) is 13.1 Å². The fraction of sp³-hybridized carbons (Fsp3) is 0.440. The van der Waals surface area contributed by atoms with E-state index in [2.05, 4.69) is 29.9 Å². The largest absolute Gasteiger partial charge is 0.435 e. The van der Waals surface area contributed by atoms with Crippen LogP contribution in [-0.2, 0) is 11.3 Å². The summed E-state index contributed by atoms with van der Waals surface area (Å²) in [4.78, 5) is 26.5. The van der Waals surface area contributed by atoms with Gasteiger partial charge in [0.2, 0.25) is 0 Å². The van der Waals surface area contributed by atoms with Gasteiger partial charge in [-0.15, -0.1) is 0 Å². The maximum absolute atomic E-state index is 12.9. The van der Waals surface area contributed by atoms with Gasteiger partial charge >= 0.3 is 12.7 Å². The Kier molecular flexibility index (Phi) is 6.88. The van der Waals surface area contributed by atoms with Gasteiger partial charge in [0.25, 0.3) is 0 Å². The number of aromatic amines is 1. The highest BCUT2D eigenvalue weighted by Gasteiger charge is 2.23. The number of benzene rings is 1. The number of fused-ring (bicyclic) bond motifs is 2. The van der Waals surface area contributed by atoms with E-state index < -0.39 is 18.2 Å². The number of carbonyl (C=O) groups excluding carboxylic acids is 1. The topological polar surface area (TPSA) is 119 Å². The molecule has 2 N–H and O–H groups in total. The van der Waals surface area contributed by atoms with Crippen LogP contribution in [0.3, 0.4) is 0 Å². The molecule has 0 saturated carbocycles. The number of rotatable bonds is 6. The van der Waals surface area contributed by atoms with Crippen LogP contribution >= 0.6 is 0 Å². The normalized spacial score (nSPS) is 16.9. The highest BCUT2D eigenvalue weighted by atomic mass is 19.3. The second kappa shape index (κ2) is 10.1. The van der Waals surface area contributed by atoms with Crippen LogP contribution < -0.4 is 14.8 Å². The maximum Gasteiger partial charge on any atom is 0.413 e. The Hall–Kier alpha value is -3.84. The van der Waals surface area contributed by atoms with E-state index in [1.165, 1.54) is 24.5 Å². The summed E-state index contributed by atoms with van der Waals surface area (Å²) < 4.78 is 43.7. The number of H-pyrrole nitrogens is 1. The van der Waals surface area contributed by atoms with E-state index >= 15 is 0 Å². The predicted octanol–water partition coefficient (Wildman–Crippen LogP) is 3.79. The fourth-order valence-corrected chi connectivity index (χ4v) is 4.33. The number of nitrogens with zero attached hydrogens (tertiary/aromatic N) is 5. The first-order valence-corrected chi connectivity index (χ1v) is 12.2. The van der Waals surface area contributed by atoms with Gasteiger partial charge in [0, 0.05) is 30.2 Å². The van der Waals surface area contributed by atoms with Crippen molar-refractivity contribution >= 4 is 28.2 Å². The van der Waals surface area contributed by atoms with Gasteiger partial charge in [0.15, 0.2) is 16.9 Å². The molecule has 1 saturated heterocycles. The number of carbonyl (C=O) groups is 1. The van der Waals surface area contributed by atoms with Crippen molar-refractivity contribution in [2.75, 3.05) is 26.7 Å². The molecule has 1 fully saturated rings. The van der Waals surface area contributed by atoms with Gasteiger partial charge in [0.1, 0.15) is 17.1 Å². The molecule has 13 heteroatoms. The Morgan fingerprint density at radius 1 is 1.34 bits per heavy atom. The van der Waals surface area contributed by atoms with Crippen LogP contribution in [0.4, 0.5) is 13.6 Å². The molecule has 4 heterocycles. The van der Waals surface area contributed by atoms with Crippen molar-refractivity contribution in [3.05, 3.63) is 30.6 Å². The van der Waals surface area contributed by atoms with Crippen LogP contribution in [0.1, 0.15) is 20.8 Å². The van der Waals surface area contributed by atoms with Crippen molar-refractivity contribution < 1.29 is 27.8 Å². The molecule has 1 aliphatic rings. The van der Waals surface area contributed by atoms with Gasteiger partial charge in [-0.2, -0.15) is 13.9 Å². The number of ether oxygens (including phenoxy) is 3. The minimum absolute atomic E-state index is 0.000468. The number of amides is 1. The number of likely N-dealkylation sites (N-methyl/N-ethyl adjacent to an activating group) is 1. The van der Waals surface area contributed by atoms with Crippen molar-refractivity contribution in [1.82, 2.24) is 34.9 Å². The predicted molar refractivity (Wildman–Crippen MR) is 135 cm³/mol. The molecule has 1 aliphatic heterocycles. The molecule has 1 aromatic carbocycles. The van der Waals surface area contributed by atoms with E-state index in [0.29, 0.717) is 46.6 Å². The molecular formula is C25H29F2N7O4. The van der Waals surface area contributed by atoms with Crippen molar-refractivity contribution in [2.24, 2.45) is 0 Å². The summed E-state index contributed by atoms with van der Waals surface area (Å²) in [7, 11) is 2.03. The van der Waals surface area contributed by atoms with Crippen LogP contribution in [0.2, 0.25) is 0 Å². The first kappa shape index (κ1) is 25.8. The van der Waals surface area contributed by atoms with Crippen LogP contribution in [0.25, 0.3) is 33.5 Å². The second-order valence-electron chi connectivity index (χ2n) is 10.2. The number of aromatic nitrogens is 5. The molecule has 4 aromatic rings. The van der Waals surface area contributed by atoms with Gasteiger partial charge in [0.05, 0.1) is 31.0 Å². The lowest BCUT2D eigenvalue weighted by atomic mass is 10.1. The molecular weight excluding hydrogens is 500 g/mol. The van der Waals surface area contributed by atoms with Crippen LogP contribution in [0, 0.1) is 0 Å². The smallest absolute Gasteiger partial charge is 0.413 e. The third-order valence-electron chi connectivity index (χ3n) is 5.93. The zero-order valence-corrected chi connectivity index (χ0v) is 21.5. The summed E-state index contributed by atoms with van der Waals surface area (Å²) in [5, 5.41) is 8.06. The van der Waals surface area contributed by atoms with E-state index in [9.17, 15) is 13.6 Å². The third kappa shape index (κ3) is 5.68. The molecule has 0 spiro atoms. The summed E-state index contributed by atoms with van der Waals surface area (Å²) in [5.74, 6) is 0.195. The lowest BCUT2D eigenvalue weighted by Crippen LogP contribution is -2.42. The highest BCUT2D eigenvalue weighted by molar-refractivity contribution is 5.94. The molecule has 11 nitrogen and oxygen atoms in total. The molecule has 1 amide bonds. The summed E-state index contributed by atoms with van der Waals surface area (Å²) in [6.07, 6.45) is 2.29. The van der Waals surface area contributed by atoms with Gasteiger partial charge in [-0.25, -0.2) is 14.8 Å². The first-order chi connectivity index (χ1) is 18.1. The molecule has 38 heavy (non-hydrogen) atoms. The molecule has 1 atom stereocenters. The summed E-state index contributed by atoms with van der Waals surface area (Å²) >= 11 is 0. The third-order valence-corrected chi connectivity index (χ3v) is 5.93. The summed E-state index contributed by atoms with van der Waals surface area (Å²) in [6, 6.07) is 4.67. The number of hydrogen-bond acceptors (Lipinski definition) is 8. The maximum atomic E-state index is 12.9. The number of alkyl halides is 2. The minimum atomic E-state index is -2.97. The number of morpholine rings is 1. The van der Waals surface area contributed by atoms with Gasteiger partial charge < -0.3 is 29.4 Å².